The van der Waals surface area contributed by atoms with Gasteiger partial charge in [-0.25, -0.2) is 0 Å². The first-order chi connectivity index (χ1) is 15.0. The van der Waals surface area contributed by atoms with Crippen LogP contribution in [0.2, 0.25) is 0 Å². The Balaban J connectivity index is 1.31. The van der Waals surface area contributed by atoms with Crippen LogP contribution in [0.1, 0.15) is 56.1 Å². The molecule has 1 saturated carbocycles. The molecule has 1 aliphatic carbocycles. The zero-order chi connectivity index (χ0) is 21.8. The molecule has 2 aliphatic heterocycles. The van der Waals surface area contributed by atoms with E-state index in [4.69, 9.17) is 11.1 Å². The number of amidine groups is 1. The zero-order valence-electron chi connectivity index (χ0n) is 18.2. The molecule has 168 valence electrons. The van der Waals surface area contributed by atoms with Crippen LogP contribution in [0.5, 0.6) is 0 Å². The quantitative estimate of drug-likeness (QED) is 0.411. The van der Waals surface area contributed by atoms with Crippen LogP contribution in [-0.4, -0.2) is 54.3 Å². The highest BCUT2D eigenvalue weighted by molar-refractivity contribution is 5.94. The first-order valence-electron chi connectivity index (χ1n) is 11.8. The zero-order valence-corrected chi connectivity index (χ0v) is 18.2. The predicted molar refractivity (Wildman–Crippen MR) is 121 cm³/mol. The molecule has 0 bridgehead atoms. The Hall–Kier alpha value is -2.41. The van der Waals surface area contributed by atoms with Gasteiger partial charge in [0.1, 0.15) is 11.9 Å². The number of carbonyl (C=O) groups excluding carboxylic acids is 2. The number of hydrogen-bond donors (Lipinski definition) is 4. The van der Waals surface area contributed by atoms with Gasteiger partial charge in [-0.15, -0.1) is 0 Å². The molecule has 2 amide bonds. The molecule has 4 atom stereocenters. The molecule has 2 heterocycles. The average molecular weight is 426 g/mol. The van der Waals surface area contributed by atoms with Crippen molar-refractivity contribution in [2.45, 2.75) is 63.5 Å². The second kappa shape index (κ2) is 9.81. The summed E-state index contributed by atoms with van der Waals surface area (Å²) in [7, 11) is 0. The molecule has 1 aromatic carbocycles. The number of carbonyl (C=O) groups is 2. The molecule has 0 radical (unpaired) electrons. The second-order valence-corrected chi connectivity index (χ2v) is 9.27. The van der Waals surface area contributed by atoms with Gasteiger partial charge in [0.25, 0.3) is 0 Å². The Bertz CT molecular complexity index is 807. The number of nitrogen functional groups attached to an aromatic ring is 1. The highest BCUT2D eigenvalue weighted by Gasteiger charge is 2.43. The topological polar surface area (TPSA) is 111 Å². The highest BCUT2D eigenvalue weighted by atomic mass is 16.2. The van der Waals surface area contributed by atoms with Gasteiger partial charge < -0.3 is 21.3 Å². The number of nitrogens with zero attached hydrogens (tertiary/aromatic N) is 1. The van der Waals surface area contributed by atoms with E-state index in [2.05, 4.69) is 10.6 Å². The van der Waals surface area contributed by atoms with Gasteiger partial charge >= 0.3 is 0 Å². The van der Waals surface area contributed by atoms with Gasteiger partial charge in [0, 0.05) is 18.7 Å². The van der Waals surface area contributed by atoms with Gasteiger partial charge in [-0.1, -0.05) is 43.5 Å². The van der Waals surface area contributed by atoms with E-state index in [0.29, 0.717) is 36.9 Å². The van der Waals surface area contributed by atoms with Crippen molar-refractivity contribution in [1.82, 2.24) is 15.5 Å². The van der Waals surface area contributed by atoms with Gasteiger partial charge in [0.05, 0.1) is 6.04 Å². The van der Waals surface area contributed by atoms with Gasteiger partial charge in [-0.2, -0.15) is 0 Å². The van der Waals surface area contributed by atoms with Crippen LogP contribution in [0.3, 0.4) is 0 Å². The Morgan fingerprint density at radius 2 is 1.87 bits per heavy atom. The fourth-order valence-electron chi connectivity index (χ4n) is 5.66. The minimum absolute atomic E-state index is 0.0396. The van der Waals surface area contributed by atoms with E-state index in [9.17, 15) is 9.59 Å². The summed E-state index contributed by atoms with van der Waals surface area (Å²) in [4.78, 5) is 28.1. The lowest BCUT2D eigenvalue weighted by molar-refractivity contribution is -0.142. The van der Waals surface area contributed by atoms with Gasteiger partial charge in [0.15, 0.2) is 0 Å². The monoisotopic (exact) mass is 425 g/mol. The van der Waals surface area contributed by atoms with Crippen molar-refractivity contribution in [3.8, 4) is 0 Å². The third-order valence-electron chi connectivity index (χ3n) is 7.36. The SMILES string of the molecule is N=C(N)c1ccc(CCNC(=O)[C@@H]2CCCN2C(=O)[C@@H]2NCC[C@@H]3CCCC[C@@H]32)cc1. The number of nitrogens with two attached hydrogens (primary N) is 1. The molecule has 0 spiro atoms. The molecule has 0 unspecified atom stereocenters. The first kappa shape index (κ1) is 21.8. The van der Waals surface area contributed by atoms with E-state index in [1.807, 2.05) is 29.2 Å². The number of piperidine rings is 1. The Labute approximate surface area is 184 Å². The summed E-state index contributed by atoms with van der Waals surface area (Å²) in [5.74, 6) is 1.24. The molecule has 7 heteroatoms. The van der Waals surface area contributed by atoms with Crippen LogP contribution in [0.25, 0.3) is 0 Å². The van der Waals surface area contributed by atoms with Gasteiger partial charge in [0.2, 0.25) is 11.8 Å². The molecule has 3 fully saturated rings. The highest BCUT2D eigenvalue weighted by Crippen LogP contribution is 2.37. The average Bonchev–Trinajstić information content (AvgIpc) is 3.28. The standard InChI is InChI=1S/C24H35N5O2/c25-22(26)18-9-7-16(8-10-18)11-13-28-23(30)20-6-3-15-29(20)24(31)21-19-5-2-1-4-17(19)12-14-27-21/h7-10,17,19-21,27H,1-6,11-15H2,(H3,25,26)(H,28,30)/t17-,19-,20-,21+/m0/s1. The fourth-order valence-corrected chi connectivity index (χ4v) is 5.66. The number of rotatable bonds is 6. The van der Waals surface area contributed by atoms with Crippen molar-refractivity contribution >= 4 is 17.6 Å². The molecule has 3 aliphatic rings. The van der Waals surface area contributed by atoms with E-state index in [0.717, 1.165) is 31.4 Å². The molecule has 0 aromatic heterocycles. The number of amides is 2. The van der Waals surface area contributed by atoms with Crippen LogP contribution >= 0.6 is 0 Å². The second-order valence-electron chi connectivity index (χ2n) is 9.27. The van der Waals surface area contributed by atoms with E-state index in [-0.39, 0.29) is 29.7 Å². The molecular weight excluding hydrogens is 390 g/mol. The lowest BCUT2D eigenvalue weighted by Gasteiger charge is -2.43. The van der Waals surface area contributed by atoms with E-state index in [1.165, 1.54) is 25.7 Å². The molecule has 5 N–H and O–H groups in total. The third-order valence-corrected chi connectivity index (χ3v) is 7.36. The van der Waals surface area contributed by atoms with Crippen molar-refractivity contribution in [2.75, 3.05) is 19.6 Å². The first-order valence-corrected chi connectivity index (χ1v) is 11.8. The smallest absolute Gasteiger partial charge is 0.242 e. The fraction of sp³-hybridized carbons (Fsp3) is 0.625. The van der Waals surface area contributed by atoms with E-state index in [1.54, 1.807) is 0 Å². The van der Waals surface area contributed by atoms with Gasteiger partial charge in [-0.05, 0) is 56.0 Å². The maximum atomic E-state index is 13.4. The van der Waals surface area contributed by atoms with Crippen LogP contribution < -0.4 is 16.4 Å². The van der Waals surface area contributed by atoms with Crippen LogP contribution in [0.4, 0.5) is 0 Å². The summed E-state index contributed by atoms with van der Waals surface area (Å²) in [6.07, 6.45) is 8.38. The van der Waals surface area contributed by atoms with Crippen LogP contribution in [-0.2, 0) is 16.0 Å². The Kier molecular flexibility index (Phi) is 6.90. The van der Waals surface area contributed by atoms with Crippen LogP contribution in [0.15, 0.2) is 24.3 Å². The minimum Gasteiger partial charge on any atom is -0.384 e. The number of nitrogens with one attached hydrogen (secondary N) is 3. The molecule has 2 saturated heterocycles. The lowest BCUT2D eigenvalue weighted by Crippen LogP contribution is -2.58. The maximum Gasteiger partial charge on any atom is 0.242 e. The van der Waals surface area contributed by atoms with Crippen LogP contribution in [0, 0.1) is 17.2 Å². The normalized spacial score (nSPS) is 28.1. The predicted octanol–water partition coefficient (Wildman–Crippen LogP) is 1.79. The number of likely N-dealkylation sites (tertiary alicyclic amines) is 1. The Morgan fingerprint density at radius 1 is 1.10 bits per heavy atom. The van der Waals surface area contributed by atoms with Crippen molar-refractivity contribution in [1.29, 1.82) is 5.41 Å². The molecule has 7 nitrogen and oxygen atoms in total. The van der Waals surface area contributed by atoms with Crippen molar-refractivity contribution in [3.63, 3.8) is 0 Å². The summed E-state index contributed by atoms with van der Waals surface area (Å²) < 4.78 is 0. The number of fused-ring (bicyclic) bond motifs is 1. The molecule has 1 aromatic rings. The molecule has 4 rings (SSSR count). The van der Waals surface area contributed by atoms with Crippen molar-refractivity contribution in [2.24, 2.45) is 17.6 Å². The Morgan fingerprint density at radius 3 is 2.65 bits per heavy atom. The summed E-state index contributed by atoms with van der Waals surface area (Å²) in [5.41, 5.74) is 7.27. The number of hydrogen-bond acceptors (Lipinski definition) is 4. The summed E-state index contributed by atoms with van der Waals surface area (Å²) in [5, 5.41) is 14.0. The largest absolute Gasteiger partial charge is 0.384 e. The van der Waals surface area contributed by atoms with Gasteiger partial charge in [-0.3, -0.25) is 15.0 Å². The summed E-state index contributed by atoms with van der Waals surface area (Å²) >= 11 is 0. The molecular formula is C24H35N5O2. The van der Waals surface area contributed by atoms with Crippen molar-refractivity contribution in [3.05, 3.63) is 35.4 Å². The summed E-state index contributed by atoms with van der Waals surface area (Å²) in [6.45, 7) is 2.12. The number of benzene rings is 1. The van der Waals surface area contributed by atoms with E-state index >= 15 is 0 Å². The lowest BCUT2D eigenvalue weighted by atomic mass is 9.71. The molecule has 31 heavy (non-hydrogen) atoms. The van der Waals surface area contributed by atoms with E-state index < -0.39 is 0 Å². The third kappa shape index (κ3) is 4.92. The summed E-state index contributed by atoms with van der Waals surface area (Å²) in [6, 6.07) is 7.05. The van der Waals surface area contributed by atoms with Crippen molar-refractivity contribution < 1.29 is 9.59 Å². The maximum absolute atomic E-state index is 13.4. The minimum atomic E-state index is -0.349.